The average molecular weight is 313 g/mol. The quantitative estimate of drug-likeness (QED) is 0.851. The first-order valence-corrected chi connectivity index (χ1v) is 7.51. The van der Waals surface area contributed by atoms with Crippen molar-refractivity contribution in [3.63, 3.8) is 0 Å². The fraction of sp³-hybridized carbons (Fsp3) is 0.0769. The molecule has 5 nitrogen and oxygen atoms in total. The molecule has 0 aliphatic rings. The number of nitrogens with one attached hydrogen (secondary N) is 1. The second kappa shape index (κ2) is 5.60. The summed E-state index contributed by atoms with van der Waals surface area (Å²) in [7, 11) is -2.35. The molecule has 0 radical (unpaired) electrons. The van der Waals surface area contributed by atoms with Gasteiger partial charge in [0.05, 0.1) is 17.8 Å². The molecule has 0 spiro atoms. The predicted octanol–water partition coefficient (Wildman–Crippen LogP) is 2.73. The number of hydrogen-bond donors (Lipinski definition) is 2. The van der Waals surface area contributed by atoms with Crippen LogP contribution >= 0.6 is 11.6 Å². The van der Waals surface area contributed by atoms with Crippen LogP contribution in [0.3, 0.4) is 0 Å². The van der Waals surface area contributed by atoms with Crippen molar-refractivity contribution in [3.05, 3.63) is 47.5 Å². The van der Waals surface area contributed by atoms with Gasteiger partial charge in [0.1, 0.15) is 10.6 Å². The monoisotopic (exact) mass is 312 g/mol. The number of rotatable bonds is 4. The van der Waals surface area contributed by atoms with Crippen molar-refractivity contribution in [3.8, 4) is 5.75 Å². The number of nitrogens with two attached hydrogens (primary N) is 1. The van der Waals surface area contributed by atoms with Crippen molar-refractivity contribution in [2.75, 3.05) is 17.6 Å². The van der Waals surface area contributed by atoms with Gasteiger partial charge in [-0.15, -0.1) is 0 Å². The van der Waals surface area contributed by atoms with E-state index >= 15 is 0 Å². The van der Waals surface area contributed by atoms with Gasteiger partial charge < -0.3 is 10.5 Å². The van der Waals surface area contributed by atoms with E-state index in [1.807, 2.05) is 0 Å². The number of halogens is 1. The van der Waals surface area contributed by atoms with Gasteiger partial charge >= 0.3 is 0 Å². The number of anilines is 2. The molecular weight excluding hydrogens is 300 g/mol. The summed E-state index contributed by atoms with van der Waals surface area (Å²) in [6.07, 6.45) is 0. The van der Waals surface area contributed by atoms with Crippen LogP contribution in [0.2, 0.25) is 5.02 Å². The van der Waals surface area contributed by atoms with Crippen molar-refractivity contribution < 1.29 is 13.2 Å². The molecule has 0 bridgehead atoms. The Hall–Kier alpha value is -1.92. The number of benzene rings is 2. The van der Waals surface area contributed by atoms with Gasteiger partial charge in [0.25, 0.3) is 10.0 Å². The highest BCUT2D eigenvalue weighted by atomic mass is 35.5. The van der Waals surface area contributed by atoms with Crippen LogP contribution in [0, 0.1) is 0 Å². The summed E-state index contributed by atoms with van der Waals surface area (Å²) in [6.45, 7) is 0. The lowest BCUT2D eigenvalue weighted by Gasteiger charge is -2.12. The maximum absolute atomic E-state index is 12.3. The average Bonchev–Trinajstić information content (AvgIpc) is 2.38. The Bertz CT molecular complexity index is 732. The first kappa shape index (κ1) is 14.5. The Labute approximate surface area is 122 Å². The molecule has 0 saturated carbocycles. The van der Waals surface area contributed by atoms with Crippen molar-refractivity contribution in [2.45, 2.75) is 4.90 Å². The molecule has 0 amide bonds. The first-order valence-electron chi connectivity index (χ1n) is 5.65. The van der Waals surface area contributed by atoms with E-state index in [0.717, 1.165) is 0 Å². The van der Waals surface area contributed by atoms with Crippen LogP contribution in [-0.4, -0.2) is 15.5 Å². The minimum atomic E-state index is -3.81. The molecule has 0 heterocycles. The molecule has 0 fully saturated rings. The topological polar surface area (TPSA) is 81.4 Å². The molecule has 0 aliphatic heterocycles. The molecule has 3 N–H and O–H groups in total. The number of hydrogen-bond acceptors (Lipinski definition) is 4. The summed E-state index contributed by atoms with van der Waals surface area (Å²) in [4.78, 5) is -0.0423. The van der Waals surface area contributed by atoms with Gasteiger partial charge in [-0.25, -0.2) is 8.42 Å². The Morgan fingerprint density at radius 1 is 1.20 bits per heavy atom. The van der Waals surface area contributed by atoms with E-state index in [1.165, 1.54) is 25.3 Å². The van der Waals surface area contributed by atoms with Crippen molar-refractivity contribution in [1.82, 2.24) is 0 Å². The Morgan fingerprint density at radius 3 is 2.55 bits per heavy atom. The highest BCUT2D eigenvalue weighted by Crippen LogP contribution is 2.29. The second-order valence-electron chi connectivity index (χ2n) is 4.00. The van der Waals surface area contributed by atoms with E-state index in [4.69, 9.17) is 22.1 Å². The second-order valence-corrected chi connectivity index (χ2v) is 6.05. The molecule has 2 rings (SSSR count). The number of sulfonamides is 1. The first-order chi connectivity index (χ1) is 9.44. The summed E-state index contributed by atoms with van der Waals surface area (Å²) >= 11 is 5.92. The zero-order valence-electron chi connectivity index (χ0n) is 10.6. The smallest absolute Gasteiger partial charge is 0.263 e. The molecule has 7 heteroatoms. The number of nitrogen functional groups attached to an aromatic ring is 1. The minimum Gasteiger partial charge on any atom is -0.495 e. The summed E-state index contributed by atoms with van der Waals surface area (Å²) in [5, 5.41) is 0.0624. The van der Waals surface area contributed by atoms with Gasteiger partial charge in [0, 0.05) is 5.69 Å². The lowest BCUT2D eigenvalue weighted by atomic mass is 10.3. The Balaban J connectivity index is 2.41. The van der Waals surface area contributed by atoms with Crippen molar-refractivity contribution >= 4 is 33.0 Å². The lowest BCUT2D eigenvalue weighted by molar-refractivity contribution is 0.417. The summed E-state index contributed by atoms with van der Waals surface area (Å²) < 4.78 is 32.2. The third kappa shape index (κ3) is 2.97. The van der Waals surface area contributed by atoms with E-state index in [9.17, 15) is 8.42 Å². The summed E-state index contributed by atoms with van der Waals surface area (Å²) in [6, 6.07) is 10.9. The van der Waals surface area contributed by atoms with Crippen LogP contribution in [0.25, 0.3) is 0 Å². The van der Waals surface area contributed by atoms with Gasteiger partial charge in [-0.1, -0.05) is 23.7 Å². The summed E-state index contributed by atoms with van der Waals surface area (Å²) in [5.74, 6) is 0.419. The maximum atomic E-state index is 12.3. The molecule has 20 heavy (non-hydrogen) atoms. The van der Waals surface area contributed by atoms with Crippen LogP contribution in [0.5, 0.6) is 5.75 Å². The van der Waals surface area contributed by atoms with Crippen LogP contribution in [0.15, 0.2) is 47.4 Å². The van der Waals surface area contributed by atoms with Crippen molar-refractivity contribution in [1.29, 1.82) is 0 Å². The highest BCUT2D eigenvalue weighted by molar-refractivity contribution is 7.92. The fourth-order valence-corrected chi connectivity index (χ4v) is 3.29. The standard InChI is InChI=1S/C13H13ClN2O3S/c1-19-12-5-3-2-4-11(12)16-20(17,18)13-7-6-9(15)8-10(13)14/h2-8,16H,15H2,1H3. The van der Waals surface area contributed by atoms with Crippen molar-refractivity contribution in [2.24, 2.45) is 0 Å². The third-order valence-corrected chi connectivity index (χ3v) is 4.45. The molecule has 106 valence electrons. The minimum absolute atomic E-state index is 0.0423. The Kier molecular flexibility index (Phi) is 4.06. The maximum Gasteiger partial charge on any atom is 0.263 e. The summed E-state index contributed by atoms with van der Waals surface area (Å²) in [5.41, 5.74) is 6.28. The molecule has 2 aromatic rings. The molecular formula is C13H13ClN2O3S. The van der Waals surface area contributed by atoms with Gasteiger partial charge in [0.15, 0.2) is 0 Å². The van der Waals surface area contributed by atoms with Gasteiger partial charge in [-0.3, -0.25) is 4.72 Å². The van der Waals surface area contributed by atoms with Gasteiger partial charge in [0.2, 0.25) is 0 Å². The van der Waals surface area contributed by atoms with E-state index in [2.05, 4.69) is 4.72 Å². The van der Waals surface area contributed by atoms with Gasteiger partial charge in [-0.2, -0.15) is 0 Å². The van der Waals surface area contributed by atoms with Gasteiger partial charge in [-0.05, 0) is 30.3 Å². The molecule has 0 atom stereocenters. The number of methoxy groups -OCH3 is 1. The van der Waals surface area contributed by atoms with E-state index in [0.29, 0.717) is 17.1 Å². The number of ether oxygens (including phenoxy) is 1. The van der Waals surface area contributed by atoms with Crippen LogP contribution < -0.4 is 15.2 Å². The van der Waals surface area contributed by atoms with E-state index < -0.39 is 10.0 Å². The molecule has 2 aromatic carbocycles. The zero-order valence-corrected chi connectivity index (χ0v) is 12.2. The predicted molar refractivity (Wildman–Crippen MR) is 79.7 cm³/mol. The Morgan fingerprint density at radius 2 is 1.90 bits per heavy atom. The van der Waals surface area contributed by atoms with Crippen LogP contribution in [0.4, 0.5) is 11.4 Å². The van der Waals surface area contributed by atoms with E-state index in [1.54, 1.807) is 24.3 Å². The molecule has 0 aliphatic carbocycles. The van der Waals surface area contributed by atoms with Crippen LogP contribution in [0.1, 0.15) is 0 Å². The number of para-hydroxylation sites is 2. The molecule has 0 saturated heterocycles. The normalized spacial score (nSPS) is 11.1. The third-order valence-electron chi connectivity index (χ3n) is 2.60. The van der Waals surface area contributed by atoms with E-state index in [-0.39, 0.29) is 9.92 Å². The zero-order chi connectivity index (χ0) is 14.8. The lowest BCUT2D eigenvalue weighted by Crippen LogP contribution is -2.14. The fourth-order valence-electron chi connectivity index (χ4n) is 1.66. The largest absolute Gasteiger partial charge is 0.495 e. The molecule has 0 unspecified atom stereocenters. The van der Waals surface area contributed by atoms with Crippen LogP contribution in [-0.2, 0) is 10.0 Å². The molecule has 0 aromatic heterocycles. The SMILES string of the molecule is COc1ccccc1NS(=O)(=O)c1ccc(N)cc1Cl. The highest BCUT2D eigenvalue weighted by Gasteiger charge is 2.19.